The number of piperazine rings is 1. The van der Waals surface area contributed by atoms with Crippen LogP contribution in [0, 0.1) is 11.6 Å². The number of halogens is 2. The van der Waals surface area contributed by atoms with Gasteiger partial charge in [-0.3, -0.25) is 4.90 Å². The highest BCUT2D eigenvalue weighted by Gasteiger charge is 2.34. The predicted molar refractivity (Wildman–Crippen MR) is 111 cm³/mol. The Labute approximate surface area is 175 Å². The van der Waals surface area contributed by atoms with Gasteiger partial charge < -0.3 is 4.90 Å². The molecule has 158 valence electrons. The lowest BCUT2D eigenvalue weighted by molar-refractivity contribution is 0.188. The quantitative estimate of drug-likeness (QED) is 0.655. The molecule has 3 aromatic rings. The van der Waals surface area contributed by atoms with Crippen molar-refractivity contribution in [3.8, 4) is 0 Å². The second-order valence-electron chi connectivity index (χ2n) is 8.52. The minimum absolute atomic E-state index is 0.228. The van der Waals surface area contributed by atoms with Crippen LogP contribution in [0.4, 0.5) is 14.5 Å². The summed E-state index contributed by atoms with van der Waals surface area (Å²) in [5.41, 5.74) is 0.786. The molecular formula is C22H26F2N6. The summed E-state index contributed by atoms with van der Waals surface area (Å²) in [7, 11) is 0. The average molecular weight is 412 g/mol. The molecule has 30 heavy (non-hydrogen) atoms. The maximum absolute atomic E-state index is 14.8. The van der Waals surface area contributed by atoms with E-state index in [2.05, 4.69) is 20.4 Å². The molecule has 8 heteroatoms. The molecule has 1 aromatic heterocycles. The number of nitrogens with zero attached hydrogens (tertiary/aromatic N) is 6. The molecule has 0 spiro atoms. The van der Waals surface area contributed by atoms with Gasteiger partial charge in [-0.1, -0.05) is 30.3 Å². The summed E-state index contributed by atoms with van der Waals surface area (Å²) in [6.45, 7) is 8.56. The number of benzene rings is 2. The van der Waals surface area contributed by atoms with Gasteiger partial charge >= 0.3 is 0 Å². The van der Waals surface area contributed by atoms with Crippen LogP contribution < -0.4 is 4.90 Å². The largest absolute Gasteiger partial charge is 0.367 e. The summed E-state index contributed by atoms with van der Waals surface area (Å²) in [6.07, 6.45) is 0. The topological polar surface area (TPSA) is 50.1 Å². The second-order valence-corrected chi connectivity index (χ2v) is 8.52. The minimum atomic E-state index is -0.428. The molecular weight excluding hydrogens is 386 g/mol. The van der Waals surface area contributed by atoms with E-state index in [4.69, 9.17) is 0 Å². The lowest BCUT2D eigenvalue weighted by atomic mass is 10.0. The van der Waals surface area contributed by atoms with Crippen molar-refractivity contribution in [1.29, 1.82) is 0 Å². The highest BCUT2D eigenvalue weighted by Crippen LogP contribution is 2.32. The molecule has 1 aliphatic rings. The van der Waals surface area contributed by atoms with Gasteiger partial charge in [0.1, 0.15) is 17.7 Å². The third kappa shape index (κ3) is 3.92. The van der Waals surface area contributed by atoms with Crippen LogP contribution in [0.1, 0.15) is 38.2 Å². The van der Waals surface area contributed by atoms with Crippen LogP contribution >= 0.6 is 0 Å². The summed E-state index contributed by atoms with van der Waals surface area (Å²) in [5, 5.41) is 12.4. The number of rotatable bonds is 4. The molecule has 0 saturated carbocycles. The van der Waals surface area contributed by atoms with Gasteiger partial charge in [0.05, 0.1) is 11.2 Å². The van der Waals surface area contributed by atoms with Gasteiger partial charge in [-0.2, -0.15) is 0 Å². The Morgan fingerprint density at radius 3 is 2.13 bits per heavy atom. The Hall–Kier alpha value is -2.87. The van der Waals surface area contributed by atoms with Crippen LogP contribution in [0.2, 0.25) is 0 Å². The SMILES string of the molecule is CC(C)(C)n1nnnc1[C@@H](c1ccccc1F)N1CCN(c2ccccc2F)CC1. The monoisotopic (exact) mass is 412 g/mol. The first-order chi connectivity index (χ1) is 14.4. The first-order valence-corrected chi connectivity index (χ1v) is 10.1. The fourth-order valence-corrected chi connectivity index (χ4v) is 3.97. The van der Waals surface area contributed by atoms with Crippen molar-refractivity contribution in [2.45, 2.75) is 32.4 Å². The lowest BCUT2D eigenvalue weighted by Gasteiger charge is -2.40. The maximum Gasteiger partial charge on any atom is 0.173 e. The lowest BCUT2D eigenvalue weighted by Crippen LogP contribution is -2.49. The molecule has 0 N–H and O–H groups in total. The van der Waals surface area contributed by atoms with E-state index in [1.807, 2.05) is 37.8 Å². The molecule has 6 nitrogen and oxygen atoms in total. The van der Waals surface area contributed by atoms with Crippen LogP contribution in [0.3, 0.4) is 0 Å². The first-order valence-electron chi connectivity index (χ1n) is 10.1. The van der Waals surface area contributed by atoms with Crippen molar-refractivity contribution >= 4 is 5.69 Å². The van der Waals surface area contributed by atoms with E-state index in [0.29, 0.717) is 43.3 Å². The van der Waals surface area contributed by atoms with E-state index in [1.54, 1.807) is 28.9 Å². The Kier molecular flexibility index (Phi) is 5.51. The number of anilines is 1. The van der Waals surface area contributed by atoms with E-state index in [0.717, 1.165) is 0 Å². The van der Waals surface area contributed by atoms with E-state index in [-0.39, 0.29) is 17.2 Å². The van der Waals surface area contributed by atoms with Gasteiger partial charge in [-0.15, -0.1) is 5.10 Å². The van der Waals surface area contributed by atoms with Crippen LogP contribution in [-0.2, 0) is 5.54 Å². The number of hydrogen-bond donors (Lipinski definition) is 0. The third-order valence-corrected chi connectivity index (χ3v) is 5.45. The van der Waals surface area contributed by atoms with Crippen molar-refractivity contribution in [2.24, 2.45) is 0 Å². The Morgan fingerprint density at radius 1 is 0.867 bits per heavy atom. The number of hydrogen-bond acceptors (Lipinski definition) is 5. The molecule has 0 unspecified atom stereocenters. The smallest absolute Gasteiger partial charge is 0.173 e. The molecule has 0 radical (unpaired) electrons. The van der Waals surface area contributed by atoms with Gasteiger partial charge in [-0.05, 0) is 49.4 Å². The molecule has 0 amide bonds. The first kappa shape index (κ1) is 20.4. The highest BCUT2D eigenvalue weighted by molar-refractivity contribution is 5.48. The molecule has 0 bridgehead atoms. The van der Waals surface area contributed by atoms with Gasteiger partial charge in [-0.25, -0.2) is 13.5 Å². The van der Waals surface area contributed by atoms with E-state index in [1.165, 1.54) is 12.1 Å². The maximum atomic E-state index is 14.8. The molecule has 1 saturated heterocycles. The summed E-state index contributed by atoms with van der Waals surface area (Å²) < 4.78 is 30.8. The number of para-hydroxylation sites is 1. The molecule has 2 heterocycles. The zero-order valence-electron chi connectivity index (χ0n) is 17.5. The molecule has 1 atom stereocenters. The van der Waals surface area contributed by atoms with Crippen LogP contribution in [-0.4, -0.2) is 51.3 Å². The summed E-state index contributed by atoms with van der Waals surface area (Å²) in [5.74, 6) is 0.0858. The Morgan fingerprint density at radius 2 is 1.50 bits per heavy atom. The fourth-order valence-electron chi connectivity index (χ4n) is 3.97. The highest BCUT2D eigenvalue weighted by atomic mass is 19.1. The third-order valence-electron chi connectivity index (χ3n) is 5.45. The summed E-state index contributed by atoms with van der Waals surface area (Å²) in [4.78, 5) is 4.20. The van der Waals surface area contributed by atoms with Gasteiger partial charge in [0.25, 0.3) is 0 Å². The molecule has 4 rings (SSSR count). The fraction of sp³-hybridized carbons (Fsp3) is 0.409. The van der Waals surface area contributed by atoms with Crippen LogP contribution in [0.15, 0.2) is 48.5 Å². The summed E-state index contributed by atoms with van der Waals surface area (Å²) >= 11 is 0. The second kappa shape index (κ2) is 8.10. The molecule has 2 aromatic carbocycles. The minimum Gasteiger partial charge on any atom is -0.367 e. The van der Waals surface area contributed by atoms with Crippen molar-refractivity contribution in [2.75, 3.05) is 31.1 Å². The number of aromatic nitrogens is 4. The Balaban J connectivity index is 1.66. The molecule has 1 fully saturated rings. The van der Waals surface area contributed by atoms with Crippen LogP contribution in [0.25, 0.3) is 0 Å². The Bertz CT molecular complexity index is 1000. The van der Waals surface area contributed by atoms with Crippen molar-refractivity contribution in [1.82, 2.24) is 25.1 Å². The van der Waals surface area contributed by atoms with Gasteiger partial charge in [0.2, 0.25) is 0 Å². The standard InChI is InChI=1S/C22H26F2N6/c1-22(2,3)30-21(25-26-27-30)20(16-8-4-5-9-17(16)23)29-14-12-28(13-15-29)19-11-7-6-10-18(19)24/h4-11,20H,12-15H2,1-3H3/t20-/m1/s1. The zero-order valence-corrected chi connectivity index (χ0v) is 17.5. The molecule has 0 aliphatic carbocycles. The van der Waals surface area contributed by atoms with Crippen molar-refractivity contribution in [3.63, 3.8) is 0 Å². The van der Waals surface area contributed by atoms with E-state index >= 15 is 0 Å². The normalized spacial score (nSPS) is 16.6. The average Bonchev–Trinajstić information content (AvgIpc) is 3.21. The van der Waals surface area contributed by atoms with E-state index in [9.17, 15) is 8.78 Å². The van der Waals surface area contributed by atoms with Gasteiger partial charge in [0, 0.05) is 31.7 Å². The molecule has 1 aliphatic heterocycles. The number of tetrazole rings is 1. The van der Waals surface area contributed by atoms with Crippen molar-refractivity contribution in [3.05, 3.63) is 71.6 Å². The van der Waals surface area contributed by atoms with Crippen LogP contribution in [0.5, 0.6) is 0 Å². The van der Waals surface area contributed by atoms with Gasteiger partial charge in [0.15, 0.2) is 5.82 Å². The van der Waals surface area contributed by atoms with E-state index < -0.39 is 6.04 Å². The van der Waals surface area contributed by atoms with Crippen molar-refractivity contribution < 1.29 is 8.78 Å². The summed E-state index contributed by atoms with van der Waals surface area (Å²) in [6, 6.07) is 13.1. The zero-order chi connectivity index (χ0) is 21.3. The predicted octanol–water partition coefficient (Wildman–Crippen LogP) is 3.62.